The molecule has 1 heterocycles. The van der Waals surface area contributed by atoms with Crippen molar-refractivity contribution in [1.82, 2.24) is 15.0 Å². The van der Waals surface area contributed by atoms with Crippen LogP contribution in [0.2, 0.25) is 0 Å². The van der Waals surface area contributed by atoms with Crippen molar-refractivity contribution in [3.8, 4) is 11.4 Å². The highest BCUT2D eigenvalue weighted by Crippen LogP contribution is 2.18. The molecule has 0 aliphatic heterocycles. The Morgan fingerprint density at radius 2 is 2.28 bits per heavy atom. The Kier molecular flexibility index (Phi) is 3.27. The molecule has 0 saturated carbocycles. The Labute approximate surface area is 104 Å². The van der Waals surface area contributed by atoms with Crippen LogP contribution in [-0.4, -0.2) is 33.2 Å². The van der Waals surface area contributed by atoms with Gasteiger partial charge in [0, 0.05) is 6.07 Å². The number of rotatable bonds is 4. The quantitative estimate of drug-likeness (QED) is 0.878. The Hall–Kier alpha value is -2.37. The second-order valence-corrected chi connectivity index (χ2v) is 3.81. The Bertz CT molecular complexity index is 578. The molecule has 0 atom stereocenters. The van der Waals surface area contributed by atoms with Crippen LogP contribution in [0.25, 0.3) is 5.69 Å². The first kappa shape index (κ1) is 12.1. The highest BCUT2D eigenvalue weighted by atomic mass is 16.5. The first-order valence-corrected chi connectivity index (χ1v) is 5.39. The van der Waals surface area contributed by atoms with Crippen LogP contribution in [0.3, 0.4) is 0 Å². The molecule has 0 aliphatic rings. The van der Waals surface area contributed by atoms with E-state index in [2.05, 4.69) is 10.3 Å². The fourth-order valence-electron chi connectivity index (χ4n) is 1.65. The number of hydrogen-bond acceptors (Lipinski definition) is 4. The van der Waals surface area contributed by atoms with Crippen LogP contribution < -0.4 is 4.74 Å². The van der Waals surface area contributed by atoms with Gasteiger partial charge in [-0.2, -0.15) is 0 Å². The molecule has 94 valence electrons. The number of nitrogens with zero attached hydrogens (tertiary/aromatic N) is 3. The van der Waals surface area contributed by atoms with Crippen LogP contribution in [0, 0.1) is 6.92 Å². The molecule has 0 radical (unpaired) electrons. The minimum atomic E-state index is -0.921. The van der Waals surface area contributed by atoms with E-state index in [9.17, 15) is 4.79 Å². The summed E-state index contributed by atoms with van der Waals surface area (Å²) in [4.78, 5) is 10.7. The first-order valence-electron chi connectivity index (χ1n) is 5.39. The van der Waals surface area contributed by atoms with Crippen LogP contribution in [0.1, 0.15) is 11.4 Å². The van der Waals surface area contributed by atoms with Gasteiger partial charge in [-0.1, -0.05) is 11.3 Å². The van der Waals surface area contributed by atoms with Gasteiger partial charge in [-0.05, 0) is 19.1 Å². The summed E-state index contributed by atoms with van der Waals surface area (Å²) < 4.78 is 6.73. The molecule has 1 N–H and O–H groups in total. The lowest BCUT2D eigenvalue weighted by Crippen LogP contribution is -2.03. The third kappa shape index (κ3) is 2.32. The molecule has 6 heteroatoms. The molecule has 0 saturated heterocycles. The summed E-state index contributed by atoms with van der Waals surface area (Å²) in [6, 6.07) is 7.33. The van der Waals surface area contributed by atoms with E-state index in [-0.39, 0.29) is 6.42 Å². The third-order valence-corrected chi connectivity index (χ3v) is 2.61. The molecular formula is C12H13N3O3. The van der Waals surface area contributed by atoms with Gasteiger partial charge in [0.15, 0.2) is 0 Å². The van der Waals surface area contributed by atoms with Gasteiger partial charge in [-0.3, -0.25) is 4.79 Å². The molecule has 6 nitrogen and oxygen atoms in total. The molecule has 0 fully saturated rings. The summed E-state index contributed by atoms with van der Waals surface area (Å²) in [6.45, 7) is 1.79. The zero-order valence-corrected chi connectivity index (χ0v) is 10.1. The van der Waals surface area contributed by atoms with Gasteiger partial charge in [0.25, 0.3) is 0 Å². The number of aromatic nitrogens is 3. The molecule has 1 aromatic carbocycles. The zero-order chi connectivity index (χ0) is 13.1. The summed E-state index contributed by atoms with van der Waals surface area (Å²) in [6.07, 6.45) is -0.129. The van der Waals surface area contributed by atoms with Crippen molar-refractivity contribution in [3.63, 3.8) is 0 Å². The molecular weight excluding hydrogens is 234 g/mol. The molecule has 2 rings (SSSR count). The zero-order valence-electron chi connectivity index (χ0n) is 10.1. The van der Waals surface area contributed by atoms with E-state index >= 15 is 0 Å². The van der Waals surface area contributed by atoms with E-state index in [4.69, 9.17) is 9.84 Å². The number of methoxy groups -OCH3 is 1. The number of carboxylic acid groups (broad SMARTS) is 1. The predicted molar refractivity (Wildman–Crippen MR) is 64.0 cm³/mol. The topological polar surface area (TPSA) is 77.2 Å². The highest BCUT2D eigenvalue weighted by molar-refractivity contribution is 5.69. The van der Waals surface area contributed by atoms with E-state index in [0.29, 0.717) is 17.1 Å². The van der Waals surface area contributed by atoms with Gasteiger partial charge >= 0.3 is 5.97 Å². The summed E-state index contributed by atoms with van der Waals surface area (Å²) >= 11 is 0. The van der Waals surface area contributed by atoms with Crippen LogP contribution in [0.5, 0.6) is 5.75 Å². The number of carbonyl (C=O) groups is 1. The molecule has 0 bridgehead atoms. The summed E-state index contributed by atoms with van der Waals surface area (Å²) in [5.41, 5.74) is 1.96. The van der Waals surface area contributed by atoms with E-state index in [1.165, 1.54) is 0 Å². The van der Waals surface area contributed by atoms with Crippen LogP contribution in [0.4, 0.5) is 0 Å². The van der Waals surface area contributed by atoms with Gasteiger partial charge in [0.2, 0.25) is 0 Å². The molecule has 18 heavy (non-hydrogen) atoms. The Morgan fingerprint density at radius 3 is 2.94 bits per heavy atom. The predicted octanol–water partition coefficient (Wildman–Crippen LogP) is 1.21. The number of hydrogen-bond donors (Lipinski definition) is 1. The maximum Gasteiger partial charge on any atom is 0.309 e. The van der Waals surface area contributed by atoms with Crippen molar-refractivity contribution >= 4 is 5.97 Å². The molecule has 0 unspecified atom stereocenters. The van der Waals surface area contributed by atoms with Crippen molar-refractivity contribution in [2.24, 2.45) is 0 Å². The molecule has 2 aromatic rings. The van der Waals surface area contributed by atoms with E-state index in [1.54, 1.807) is 18.7 Å². The largest absolute Gasteiger partial charge is 0.497 e. The van der Waals surface area contributed by atoms with E-state index < -0.39 is 5.97 Å². The van der Waals surface area contributed by atoms with Crippen molar-refractivity contribution in [1.29, 1.82) is 0 Å². The minimum absolute atomic E-state index is 0.129. The van der Waals surface area contributed by atoms with Crippen LogP contribution in [0.15, 0.2) is 24.3 Å². The lowest BCUT2D eigenvalue weighted by atomic mass is 10.2. The third-order valence-electron chi connectivity index (χ3n) is 2.61. The smallest absolute Gasteiger partial charge is 0.309 e. The van der Waals surface area contributed by atoms with Gasteiger partial charge < -0.3 is 9.84 Å². The summed E-state index contributed by atoms with van der Waals surface area (Å²) in [5, 5.41) is 16.6. The van der Waals surface area contributed by atoms with Crippen molar-refractivity contribution in [2.45, 2.75) is 13.3 Å². The number of ether oxygens (including phenoxy) is 1. The lowest BCUT2D eigenvalue weighted by Gasteiger charge is -2.05. The monoisotopic (exact) mass is 247 g/mol. The van der Waals surface area contributed by atoms with E-state index in [1.807, 2.05) is 24.3 Å². The maximum absolute atomic E-state index is 10.7. The van der Waals surface area contributed by atoms with Crippen molar-refractivity contribution in [3.05, 3.63) is 35.7 Å². The second kappa shape index (κ2) is 4.87. The molecule has 0 spiro atoms. The van der Waals surface area contributed by atoms with Crippen LogP contribution in [-0.2, 0) is 11.2 Å². The molecule has 1 aromatic heterocycles. The average molecular weight is 247 g/mol. The highest BCUT2D eigenvalue weighted by Gasteiger charge is 2.13. The van der Waals surface area contributed by atoms with E-state index in [0.717, 1.165) is 5.69 Å². The summed E-state index contributed by atoms with van der Waals surface area (Å²) in [7, 11) is 1.59. The lowest BCUT2D eigenvalue weighted by molar-refractivity contribution is -0.136. The second-order valence-electron chi connectivity index (χ2n) is 3.81. The van der Waals surface area contributed by atoms with Gasteiger partial charge in [0.05, 0.1) is 30.6 Å². The molecule has 0 aliphatic carbocycles. The fraction of sp³-hybridized carbons (Fsp3) is 0.250. The maximum atomic E-state index is 10.7. The average Bonchev–Trinajstić information content (AvgIpc) is 2.70. The number of carboxylic acids is 1. The Balaban J connectivity index is 2.38. The Morgan fingerprint density at radius 1 is 1.50 bits per heavy atom. The summed E-state index contributed by atoms with van der Waals surface area (Å²) in [5.74, 6) is -0.210. The van der Waals surface area contributed by atoms with Gasteiger partial charge in [0.1, 0.15) is 5.75 Å². The fourth-order valence-corrected chi connectivity index (χ4v) is 1.65. The van der Waals surface area contributed by atoms with Gasteiger partial charge in [-0.25, -0.2) is 4.68 Å². The number of benzene rings is 1. The van der Waals surface area contributed by atoms with Crippen molar-refractivity contribution in [2.75, 3.05) is 7.11 Å². The van der Waals surface area contributed by atoms with Crippen molar-refractivity contribution < 1.29 is 14.6 Å². The van der Waals surface area contributed by atoms with Gasteiger partial charge in [-0.15, -0.1) is 5.10 Å². The standard InChI is InChI=1S/C12H13N3O3/c1-8-11(7-12(16)17)13-14-15(8)9-4-3-5-10(6-9)18-2/h3-6H,7H2,1-2H3,(H,16,17). The normalized spacial score (nSPS) is 10.3. The van der Waals surface area contributed by atoms with Crippen LogP contribution >= 0.6 is 0 Å². The molecule has 0 amide bonds. The SMILES string of the molecule is COc1cccc(-n2nnc(CC(=O)O)c2C)c1. The number of aliphatic carboxylic acids is 1. The first-order chi connectivity index (χ1) is 8.61. The minimum Gasteiger partial charge on any atom is -0.497 e.